The first-order valence-corrected chi connectivity index (χ1v) is 4.81. The van der Waals surface area contributed by atoms with E-state index in [-0.39, 0.29) is 0 Å². The maximum atomic E-state index is 8.91. The largest absolute Gasteiger partial charge is 0.269 e. The third kappa shape index (κ3) is 1.42. The van der Waals surface area contributed by atoms with Gasteiger partial charge in [-0.1, -0.05) is 30.3 Å². The van der Waals surface area contributed by atoms with Crippen LogP contribution in [0.4, 0.5) is 0 Å². The van der Waals surface area contributed by atoms with Gasteiger partial charge < -0.3 is 0 Å². The molecule has 0 spiro atoms. The van der Waals surface area contributed by atoms with Crippen molar-refractivity contribution >= 4 is 15.9 Å². The number of nitrogens with one attached hydrogen (secondary N) is 1. The summed E-state index contributed by atoms with van der Waals surface area (Å²) in [5.41, 5.74) is 2.15. The number of rotatable bonds is 1. The minimum atomic E-state index is 0.538. The average molecular weight is 248 g/mol. The highest BCUT2D eigenvalue weighted by molar-refractivity contribution is 9.10. The molecule has 14 heavy (non-hydrogen) atoms. The van der Waals surface area contributed by atoms with Crippen molar-refractivity contribution in [2.75, 3.05) is 0 Å². The molecule has 0 fully saturated rings. The van der Waals surface area contributed by atoms with E-state index >= 15 is 0 Å². The molecule has 0 unspecified atom stereocenters. The van der Waals surface area contributed by atoms with Gasteiger partial charge in [-0.3, -0.25) is 5.10 Å². The van der Waals surface area contributed by atoms with Crippen LogP contribution in [0.25, 0.3) is 11.3 Å². The third-order valence-corrected chi connectivity index (χ3v) is 2.46. The van der Waals surface area contributed by atoms with Crippen LogP contribution in [0.15, 0.2) is 34.9 Å². The minimum Gasteiger partial charge on any atom is -0.269 e. The molecule has 4 heteroatoms. The Morgan fingerprint density at radius 1 is 1.29 bits per heavy atom. The van der Waals surface area contributed by atoms with E-state index in [0.29, 0.717) is 15.9 Å². The zero-order chi connectivity index (χ0) is 9.97. The van der Waals surface area contributed by atoms with E-state index in [1.54, 1.807) is 0 Å². The van der Waals surface area contributed by atoms with Crippen molar-refractivity contribution in [1.82, 2.24) is 10.2 Å². The zero-order valence-corrected chi connectivity index (χ0v) is 8.75. The molecule has 0 aliphatic heterocycles. The van der Waals surface area contributed by atoms with Crippen LogP contribution in [0.2, 0.25) is 0 Å². The van der Waals surface area contributed by atoms with Crippen LogP contribution >= 0.6 is 15.9 Å². The second kappa shape index (κ2) is 3.64. The topological polar surface area (TPSA) is 52.5 Å². The monoisotopic (exact) mass is 247 g/mol. The summed E-state index contributed by atoms with van der Waals surface area (Å²) in [5, 5.41) is 15.7. The Morgan fingerprint density at radius 3 is 2.64 bits per heavy atom. The molecule has 0 bridgehead atoms. The molecule has 0 aliphatic rings. The van der Waals surface area contributed by atoms with Gasteiger partial charge >= 0.3 is 0 Å². The molecule has 1 N–H and O–H groups in total. The van der Waals surface area contributed by atoms with Crippen LogP contribution in [0.5, 0.6) is 0 Å². The van der Waals surface area contributed by atoms with Crippen molar-refractivity contribution in [2.45, 2.75) is 0 Å². The van der Waals surface area contributed by atoms with E-state index in [4.69, 9.17) is 5.26 Å². The summed E-state index contributed by atoms with van der Waals surface area (Å²) >= 11 is 3.23. The second-order valence-corrected chi connectivity index (χ2v) is 3.53. The number of nitrogens with zero attached hydrogens (tertiary/aromatic N) is 2. The lowest BCUT2D eigenvalue weighted by Gasteiger charge is -1.94. The van der Waals surface area contributed by atoms with Crippen LogP contribution in [0, 0.1) is 11.3 Å². The van der Waals surface area contributed by atoms with E-state index in [0.717, 1.165) is 5.56 Å². The van der Waals surface area contributed by atoms with Gasteiger partial charge in [-0.2, -0.15) is 10.4 Å². The molecule has 1 heterocycles. The molecule has 0 aliphatic carbocycles. The Balaban J connectivity index is 2.59. The zero-order valence-electron chi connectivity index (χ0n) is 7.16. The molecule has 0 saturated heterocycles. The van der Waals surface area contributed by atoms with Crippen LogP contribution in [-0.4, -0.2) is 10.2 Å². The number of hydrogen-bond donors (Lipinski definition) is 1. The maximum Gasteiger partial charge on any atom is 0.119 e. The van der Waals surface area contributed by atoms with Crippen molar-refractivity contribution in [3.8, 4) is 17.3 Å². The summed E-state index contributed by atoms with van der Waals surface area (Å²) in [6.45, 7) is 0. The predicted molar refractivity (Wildman–Crippen MR) is 56.4 cm³/mol. The lowest BCUT2D eigenvalue weighted by Crippen LogP contribution is -1.80. The molecule has 68 valence electrons. The first kappa shape index (κ1) is 8.97. The normalized spacial score (nSPS) is 9.71. The highest BCUT2D eigenvalue weighted by Crippen LogP contribution is 2.25. The number of aromatic amines is 1. The Morgan fingerprint density at radius 2 is 2.00 bits per heavy atom. The Bertz CT molecular complexity index is 482. The van der Waals surface area contributed by atoms with Crippen molar-refractivity contribution in [2.24, 2.45) is 0 Å². The number of benzene rings is 1. The number of halogens is 1. The molecule has 0 amide bonds. The molecule has 1 aromatic carbocycles. The van der Waals surface area contributed by atoms with Crippen LogP contribution in [0.1, 0.15) is 5.56 Å². The second-order valence-electron chi connectivity index (χ2n) is 2.74. The third-order valence-electron chi connectivity index (χ3n) is 1.88. The molecule has 2 rings (SSSR count). The SMILES string of the molecule is N#Cc1c(-c2ccccc2)n[nH]c1Br. The summed E-state index contributed by atoms with van der Waals surface area (Å²) in [7, 11) is 0. The van der Waals surface area contributed by atoms with Crippen molar-refractivity contribution in [1.29, 1.82) is 5.26 Å². The number of hydrogen-bond acceptors (Lipinski definition) is 2. The first-order chi connectivity index (χ1) is 6.83. The highest BCUT2D eigenvalue weighted by atomic mass is 79.9. The molecule has 0 radical (unpaired) electrons. The van der Waals surface area contributed by atoms with Crippen LogP contribution in [0.3, 0.4) is 0 Å². The molecular weight excluding hydrogens is 242 g/mol. The smallest absolute Gasteiger partial charge is 0.119 e. The van der Waals surface area contributed by atoms with Gasteiger partial charge in [-0.05, 0) is 15.9 Å². The Hall–Kier alpha value is -1.60. The van der Waals surface area contributed by atoms with E-state index in [1.165, 1.54) is 0 Å². The van der Waals surface area contributed by atoms with Crippen LogP contribution < -0.4 is 0 Å². The van der Waals surface area contributed by atoms with E-state index in [1.807, 2.05) is 30.3 Å². The van der Waals surface area contributed by atoms with E-state index in [9.17, 15) is 0 Å². The number of H-pyrrole nitrogens is 1. The predicted octanol–water partition coefficient (Wildman–Crippen LogP) is 2.71. The highest BCUT2D eigenvalue weighted by Gasteiger charge is 2.11. The maximum absolute atomic E-state index is 8.91. The average Bonchev–Trinajstić information content (AvgIpc) is 2.61. The summed E-state index contributed by atoms with van der Waals surface area (Å²) < 4.78 is 0.624. The molecular formula is C10H6BrN3. The van der Waals surface area contributed by atoms with Gasteiger partial charge in [0.15, 0.2) is 0 Å². The van der Waals surface area contributed by atoms with Gasteiger partial charge in [0.25, 0.3) is 0 Å². The van der Waals surface area contributed by atoms with Gasteiger partial charge in [-0.15, -0.1) is 0 Å². The van der Waals surface area contributed by atoms with E-state index in [2.05, 4.69) is 32.2 Å². The lowest BCUT2D eigenvalue weighted by molar-refractivity contribution is 1.07. The van der Waals surface area contributed by atoms with Gasteiger partial charge in [0.05, 0.1) is 0 Å². The standard InChI is InChI=1S/C10H6BrN3/c11-10-8(6-12)9(13-14-10)7-4-2-1-3-5-7/h1-5H,(H,13,14). The molecule has 0 saturated carbocycles. The fraction of sp³-hybridized carbons (Fsp3) is 0. The van der Waals surface area contributed by atoms with Gasteiger partial charge in [-0.25, -0.2) is 0 Å². The molecule has 0 atom stereocenters. The fourth-order valence-corrected chi connectivity index (χ4v) is 1.59. The molecule has 3 nitrogen and oxygen atoms in total. The molecule has 1 aromatic heterocycles. The van der Waals surface area contributed by atoms with Crippen molar-refractivity contribution in [3.63, 3.8) is 0 Å². The number of aromatic nitrogens is 2. The Kier molecular flexibility index (Phi) is 2.33. The summed E-state index contributed by atoms with van der Waals surface area (Å²) in [4.78, 5) is 0. The van der Waals surface area contributed by atoms with Gasteiger partial charge in [0, 0.05) is 5.56 Å². The summed E-state index contributed by atoms with van der Waals surface area (Å²) in [6.07, 6.45) is 0. The lowest BCUT2D eigenvalue weighted by atomic mass is 10.1. The van der Waals surface area contributed by atoms with E-state index < -0.39 is 0 Å². The van der Waals surface area contributed by atoms with Gasteiger partial charge in [0.2, 0.25) is 0 Å². The number of nitriles is 1. The fourth-order valence-electron chi connectivity index (χ4n) is 1.23. The minimum absolute atomic E-state index is 0.538. The van der Waals surface area contributed by atoms with Crippen molar-refractivity contribution < 1.29 is 0 Å². The molecule has 2 aromatic rings. The van der Waals surface area contributed by atoms with Crippen LogP contribution in [-0.2, 0) is 0 Å². The van der Waals surface area contributed by atoms with Crippen molar-refractivity contribution in [3.05, 3.63) is 40.5 Å². The Labute approximate surface area is 89.5 Å². The first-order valence-electron chi connectivity index (χ1n) is 4.02. The summed E-state index contributed by atoms with van der Waals surface area (Å²) in [5.74, 6) is 0. The van der Waals surface area contributed by atoms with Gasteiger partial charge in [0.1, 0.15) is 21.9 Å². The summed E-state index contributed by atoms with van der Waals surface area (Å²) in [6, 6.07) is 11.7. The quantitative estimate of drug-likeness (QED) is 0.843.